The topological polar surface area (TPSA) is 38.7 Å². The van der Waals surface area contributed by atoms with Crippen molar-refractivity contribution in [2.45, 2.75) is 76.4 Å². The SMILES string of the molecule is CCC1(C(O)C2CCOC3(CCOCC3)C2)CCCC1. The highest BCUT2D eigenvalue weighted by molar-refractivity contribution is 4.98. The zero-order chi connectivity index (χ0) is 14.1. The summed E-state index contributed by atoms with van der Waals surface area (Å²) in [7, 11) is 0. The highest BCUT2D eigenvalue weighted by atomic mass is 16.5. The predicted molar refractivity (Wildman–Crippen MR) is 78.7 cm³/mol. The minimum Gasteiger partial charge on any atom is -0.392 e. The minimum absolute atomic E-state index is 0.00961. The second-order valence-electron chi connectivity index (χ2n) is 7.26. The van der Waals surface area contributed by atoms with E-state index in [1.807, 2.05) is 0 Å². The molecular formula is C17H30O3. The first kappa shape index (κ1) is 14.8. The zero-order valence-electron chi connectivity index (χ0n) is 12.9. The Kier molecular flexibility index (Phi) is 4.40. The van der Waals surface area contributed by atoms with Crippen LogP contribution < -0.4 is 0 Å². The Hall–Kier alpha value is -0.120. The third-order valence-corrected chi connectivity index (χ3v) is 6.31. The van der Waals surface area contributed by atoms with E-state index in [4.69, 9.17) is 9.47 Å². The largest absolute Gasteiger partial charge is 0.392 e. The van der Waals surface area contributed by atoms with Crippen LogP contribution in [0, 0.1) is 11.3 Å². The Morgan fingerprint density at radius 3 is 2.45 bits per heavy atom. The van der Waals surface area contributed by atoms with E-state index in [0.29, 0.717) is 5.92 Å². The third-order valence-electron chi connectivity index (χ3n) is 6.31. The number of aliphatic hydroxyl groups excluding tert-OH is 1. The van der Waals surface area contributed by atoms with E-state index in [2.05, 4.69) is 6.92 Å². The molecule has 1 spiro atoms. The molecule has 0 aromatic rings. The van der Waals surface area contributed by atoms with Gasteiger partial charge in [-0.2, -0.15) is 0 Å². The van der Waals surface area contributed by atoms with Crippen LogP contribution in [-0.4, -0.2) is 36.6 Å². The highest BCUT2D eigenvalue weighted by Crippen LogP contribution is 2.49. The summed E-state index contributed by atoms with van der Waals surface area (Å²) in [5.41, 5.74) is 0.212. The maximum atomic E-state index is 11.1. The lowest BCUT2D eigenvalue weighted by atomic mass is 9.68. The van der Waals surface area contributed by atoms with Gasteiger partial charge in [-0.3, -0.25) is 0 Å². The lowest BCUT2D eigenvalue weighted by molar-refractivity contribution is -0.169. The summed E-state index contributed by atoms with van der Waals surface area (Å²) in [5.74, 6) is 0.430. The van der Waals surface area contributed by atoms with Gasteiger partial charge in [0.25, 0.3) is 0 Å². The lowest BCUT2D eigenvalue weighted by Crippen LogP contribution is -2.49. The fourth-order valence-corrected chi connectivity index (χ4v) is 4.86. The molecule has 0 radical (unpaired) electrons. The van der Waals surface area contributed by atoms with Crippen LogP contribution in [0.25, 0.3) is 0 Å². The van der Waals surface area contributed by atoms with Crippen molar-refractivity contribution in [3.8, 4) is 0 Å². The molecule has 116 valence electrons. The molecule has 1 N–H and O–H groups in total. The maximum absolute atomic E-state index is 11.1. The molecule has 1 aliphatic carbocycles. The number of aliphatic hydroxyl groups is 1. The smallest absolute Gasteiger partial charge is 0.0730 e. The summed E-state index contributed by atoms with van der Waals surface area (Å²) in [6.45, 7) is 4.73. The fourth-order valence-electron chi connectivity index (χ4n) is 4.86. The van der Waals surface area contributed by atoms with E-state index in [0.717, 1.165) is 51.9 Å². The number of rotatable bonds is 3. The van der Waals surface area contributed by atoms with Crippen LogP contribution in [0.2, 0.25) is 0 Å². The summed E-state index contributed by atoms with van der Waals surface area (Å²) in [6.07, 6.45) is 10.1. The Balaban J connectivity index is 1.69. The van der Waals surface area contributed by atoms with Crippen molar-refractivity contribution in [2.24, 2.45) is 11.3 Å². The average Bonchev–Trinajstić information content (AvgIpc) is 2.97. The first-order chi connectivity index (χ1) is 9.70. The average molecular weight is 282 g/mol. The van der Waals surface area contributed by atoms with E-state index >= 15 is 0 Å². The first-order valence-electron chi connectivity index (χ1n) is 8.60. The van der Waals surface area contributed by atoms with Gasteiger partial charge in [-0.15, -0.1) is 0 Å². The van der Waals surface area contributed by atoms with Gasteiger partial charge in [0.05, 0.1) is 11.7 Å². The standard InChI is InChI=1S/C17H30O3/c1-2-16(6-3-4-7-16)15(18)14-5-10-20-17(13-14)8-11-19-12-9-17/h14-15,18H,2-13H2,1H3. The van der Waals surface area contributed by atoms with Gasteiger partial charge in [-0.25, -0.2) is 0 Å². The Morgan fingerprint density at radius 1 is 1.10 bits per heavy atom. The van der Waals surface area contributed by atoms with Crippen LogP contribution >= 0.6 is 0 Å². The molecule has 3 fully saturated rings. The van der Waals surface area contributed by atoms with Crippen molar-refractivity contribution >= 4 is 0 Å². The predicted octanol–water partition coefficient (Wildman–Crippen LogP) is 3.29. The summed E-state index contributed by atoms with van der Waals surface area (Å²) >= 11 is 0. The molecule has 0 aromatic carbocycles. The highest BCUT2D eigenvalue weighted by Gasteiger charge is 2.47. The van der Waals surface area contributed by atoms with E-state index in [1.165, 1.54) is 25.7 Å². The van der Waals surface area contributed by atoms with Crippen molar-refractivity contribution in [1.82, 2.24) is 0 Å². The van der Waals surface area contributed by atoms with Crippen LogP contribution in [0.4, 0.5) is 0 Å². The molecule has 0 bridgehead atoms. The summed E-state index contributed by atoms with van der Waals surface area (Å²) in [6, 6.07) is 0. The van der Waals surface area contributed by atoms with Crippen molar-refractivity contribution in [3.63, 3.8) is 0 Å². The number of hydrogen-bond donors (Lipinski definition) is 1. The molecule has 3 aliphatic rings. The number of hydrogen-bond acceptors (Lipinski definition) is 3. The van der Waals surface area contributed by atoms with Gasteiger partial charge in [0.1, 0.15) is 0 Å². The van der Waals surface area contributed by atoms with Crippen LogP contribution in [0.5, 0.6) is 0 Å². The second kappa shape index (κ2) is 5.94. The monoisotopic (exact) mass is 282 g/mol. The molecule has 0 amide bonds. The van der Waals surface area contributed by atoms with Crippen molar-refractivity contribution in [2.75, 3.05) is 19.8 Å². The molecule has 2 atom stereocenters. The van der Waals surface area contributed by atoms with Gasteiger partial charge in [0.15, 0.2) is 0 Å². The normalized spacial score (nSPS) is 34.2. The molecular weight excluding hydrogens is 252 g/mol. The van der Waals surface area contributed by atoms with Gasteiger partial charge in [0, 0.05) is 19.8 Å². The van der Waals surface area contributed by atoms with Crippen molar-refractivity contribution in [1.29, 1.82) is 0 Å². The van der Waals surface area contributed by atoms with E-state index < -0.39 is 0 Å². The molecule has 20 heavy (non-hydrogen) atoms. The molecule has 0 aromatic heterocycles. The van der Waals surface area contributed by atoms with Gasteiger partial charge < -0.3 is 14.6 Å². The molecule has 3 nitrogen and oxygen atoms in total. The van der Waals surface area contributed by atoms with Crippen molar-refractivity contribution in [3.05, 3.63) is 0 Å². The molecule has 3 heteroatoms. The van der Waals surface area contributed by atoms with Crippen molar-refractivity contribution < 1.29 is 14.6 Å². The van der Waals surface area contributed by atoms with Gasteiger partial charge in [-0.1, -0.05) is 19.8 Å². The van der Waals surface area contributed by atoms with Gasteiger partial charge in [0.2, 0.25) is 0 Å². The molecule has 2 saturated heterocycles. The zero-order valence-corrected chi connectivity index (χ0v) is 12.9. The lowest BCUT2D eigenvalue weighted by Gasteiger charge is -2.47. The quantitative estimate of drug-likeness (QED) is 0.863. The maximum Gasteiger partial charge on any atom is 0.0730 e. The summed E-state index contributed by atoms with van der Waals surface area (Å²) in [4.78, 5) is 0. The van der Waals surface area contributed by atoms with Crippen LogP contribution in [-0.2, 0) is 9.47 Å². The van der Waals surface area contributed by atoms with Crippen LogP contribution in [0.15, 0.2) is 0 Å². The Morgan fingerprint density at radius 2 is 1.80 bits per heavy atom. The van der Waals surface area contributed by atoms with Gasteiger partial charge >= 0.3 is 0 Å². The summed E-state index contributed by atoms with van der Waals surface area (Å²) in [5, 5.41) is 11.1. The van der Waals surface area contributed by atoms with E-state index in [-0.39, 0.29) is 17.1 Å². The number of ether oxygens (including phenoxy) is 2. The van der Waals surface area contributed by atoms with E-state index in [9.17, 15) is 5.11 Å². The molecule has 2 unspecified atom stereocenters. The second-order valence-corrected chi connectivity index (χ2v) is 7.26. The van der Waals surface area contributed by atoms with Crippen LogP contribution in [0.1, 0.15) is 64.7 Å². The Bertz CT molecular complexity index is 311. The Labute approximate surface area is 123 Å². The fraction of sp³-hybridized carbons (Fsp3) is 1.00. The van der Waals surface area contributed by atoms with Gasteiger partial charge in [-0.05, 0) is 56.3 Å². The third kappa shape index (κ3) is 2.65. The molecule has 1 saturated carbocycles. The molecule has 2 heterocycles. The van der Waals surface area contributed by atoms with E-state index in [1.54, 1.807) is 0 Å². The van der Waals surface area contributed by atoms with Crippen LogP contribution in [0.3, 0.4) is 0 Å². The first-order valence-corrected chi connectivity index (χ1v) is 8.60. The summed E-state index contributed by atoms with van der Waals surface area (Å²) < 4.78 is 11.6. The molecule has 2 aliphatic heterocycles. The molecule has 3 rings (SSSR count). The minimum atomic E-state index is -0.126.